The fraction of sp³-hybridized carbons (Fsp3) is 0.192. The average molecular weight is 468 g/mol. The van der Waals surface area contributed by atoms with Crippen LogP contribution in [0.3, 0.4) is 0 Å². The number of pyridine rings is 1. The number of carbonyl (C=O) groups is 2. The molecule has 9 nitrogen and oxygen atoms in total. The number of benzene rings is 1. The molecule has 1 aromatic carbocycles. The smallest absolute Gasteiger partial charge is 0.298 e. The third kappa shape index (κ3) is 4.68. The van der Waals surface area contributed by atoms with Crippen molar-refractivity contribution in [1.29, 1.82) is 0 Å². The lowest BCUT2D eigenvalue weighted by atomic mass is 10.1. The molecule has 0 saturated heterocycles. The molecule has 0 saturated carbocycles. The summed E-state index contributed by atoms with van der Waals surface area (Å²) in [7, 11) is 1.68. The number of nitrogens with one attached hydrogen (secondary N) is 1. The van der Waals surface area contributed by atoms with Crippen molar-refractivity contribution in [3.63, 3.8) is 0 Å². The number of aromatic nitrogens is 4. The summed E-state index contributed by atoms with van der Waals surface area (Å²) in [5.41, 5.74) is 9.69. The molecule has 0 aliphatic carbocycles. The summed E-state index contributed by atoms with van der Waals surface area (Å²) in [4.78, 5) is 39.7. The van der Waals surface area contributed by atoms with E-state index in [0.717, 1.165) is 11.1 Å². The molecule has 3 aromatic heterocycles. The molecule has 0 fully saturated rings. The maximum absolute atomic E-state index is 12.6. The fourth-order valence-corrected chi connectivity index (χ4v) is 3.64. The summed E-state index contributed by atoms with van der Waals surface area (Å²) in [6, 6.07) is 10.3. The van der Waals surface area contributed by atoms with Gasteiger partial charge in [0, 0.05) is 36.8 Å². The molecule has 4 rings (SSSR count). The topological polar surface area (TPSA) is 119 Å². The van der Waals surface area contributed by atoms with Gasteiger partial charge in [0.15, 0.2) is 0 Å². The van der Waals surface area contributed by atoms with Crippen molar-refractivity contribution >= 4 is 29.0 Å². The Morgan fingerprint density at radius 1 is 1.14 bits per heavy atom. The Hall–Kier alpha value is -4.71. The first kappa shape index (κ1) is 23.4. The van der Waals surface area contributed by atoms with Gasteiger partial charge in [-0.1, -0.05) is 24.1 Å². The van der Waals surface area contributed by atoms with Crippen molar-refractivity contribution in [1.82, 2.24) is 24.3 Å². The second-order valence-electron chi connectivity index (χ2n) is 8.07. The summed E-state index contributed by atoms with van der Waals surface area (Å²) in [6.45, 7) is 5.42. The quantitative estimate of drug-likeness (QED) is 0.434. The third-order valence-electron chi connectivity index (χ3n) is 5.69. The molecule has 0 aliphatic rings. The molecular formula is C26H25N7O2. The Morgan fingerprint density at radius 3 is 2.54 bits per heavy atom. The molecule has 3 heterocycles. The number of anilines is 2. The van der Waals surface area contributed by atoms with E-state index in [4.69, 9.17) is 10.7 Å². The van der Waals surface area contributed by atoms with E-state index in [2.05, 4.69) is 27.1 Å². The Balaban J connectivity index is 1.68. The van der Waals surface area contributed by atoms with E-state index in [0.29, 0.717) is 34.2 Å². The van der Waals surface area contributed by atoms with E-state index in [-0.39, 0.29) is 17.9 Å². The van der Waals surface area contributed by atoms with Crippen LogP contribution in [0.2, 0.25) is 0 Å². The number of rotatable bonds is 5. The van der Waals surface area contributed by atoms with Gasteiger partial charge in [-0.25, -0.2) is 15.0 Å². The number of hydrogen-bond donors (Lipinski definition) is 2. The molecule has 4 aromatic rings. The number of fused-ring (bicyclic) bond motifs is 1. The first-order valence-electron chi connectivity index (χ1n) is 11.0. The monoisotopic (exact) mass is 467 g/mol. The lowest BCUT2D eigenvalue weighted by Gasteiger charge is -2.21. The second kappa shape index (κ2) is 9.65. The highest BCUT2D eigenvalue weighted by Crippen LogP contribution is 2.31. The minimum Gasteiger partial charge on any atom is -0.382 e. The van der Waals surface area contributed by atoms with Gasteiger partial charge < -0.3 is 16.0 Å². The van der Waals surface area contributed by atoms with Crippen LogP contribution < -0.4 is 11.1 Å². The van der Waals surface area contributed by atoms with Crippen LogP contribution in [0.1, 0.15) is 41.6 Å². The molecule has 0 spiro atoms. The third-order valence-corrected chi connectivity index (χ3v) is 5.69. The van der Waals surface area contributed by atoms with Crippen LogP contribution in [-0.2, 0) is 4.79 Å². The summed E-state index contributed by atoms with van der Waals surface area (Å²) < 4.78 is 1.83. The van der Waals surface area contributed by atoms with Gasteiger partial charge in [-0.15, -0.1) is 0 Å². The molecule has 1 atom stereocenters. The molecule has 35 heavy (non-hydrogen) atoms. The lowest BCUT2D eigenvalue weighted by molar-refractivity contribution is -0.125. The molecule has 0 bridgehead atoms. The molecule has 176 valence electrons. The molecule has 0 aliphatic heterocycles. The van der Waals surface area contributed by atoms with E-state index in [1.54, 1.807) is 62.9 Å². The van der Waals surface area contributed by atoms with Crippen molar-refractivity contribution in [3.05, 3.63) is 71.9 Å². The Morgan fingerprint density at radius 2 is 1.89 bits per heavy atom. The number of nitrogen functional groups attached to an aromatic ring is 1. The van der Waals surface area contributed by atoms with Crippen LogP contribution in [0.15, 0.2) is 55.0 Å². The minimum absolute atomic E-state index is 0.268. The summed E-state index contributed by atoms with van der Waals surface area (Å²) >= 11 is 0. The summed E-state index contributed by atoms with van der Waals surface area (Å²) in [5, 5.41) is 2.79. The zero-order chi connectivity index (χ0) is 25.1. The number of nitrogens with zero attached hydrogens (tertiary/aromatic N) is 5. The van der Waals surface area contributed by atoms with Crippen molar-refractivity contribution in [2.75, 3.05) is 18.1 Å². The van der Waals surface area contributed by atoms with Crippen LogP contribution in [-0.4, -0.2) is 43.1 Å². The van der Waals surface area contributed by atoms with E-state index < -0.39 is 0 Å². The van der Waals surface area contributed by atoms with Gasteiger partial charge >= 0.3 is 0 Å². The van der Waals surface area contributed by atoms with E-state index >= 15 is 0 Å². The number of hydrogen-bond acceptors (Lipinski definition) is 6. The summed E-state index contributed by atoms with van der Waals surface area (Å²) in [5.74, 6) is 6.01. The van der Waals surface area contributed by atoms with Gasteiger partial charge in [-0.05, 0) is 50.5 Å². The zero-order valence-electron chi connectivity index (χ0n) is 19.9. The highest BCUT2D eigenvalue weighted by atomic mass is 16.2. The number of aryl methyl sites for hydroxylation is 1. The predicted molar refractivity (Wildman–Crippen MR) is 134 cm³/mol. The van der Waals surface area contributed by atoms with E-state index in [1.807, 2.05) is 24.3 Å². The zero-order valence-corrected chi connectivity index (χ0v) is 19.9. The van der Waals surface area contributed by atoms with Crippen molar-refractivity contribution < 1.29 is 9.59 Å². The normalized spacial score (nSPS) is 11.4. The van der Waals surface area contributed by atoms with Crippen LogP contribution in [0, 0.1) is 18.8 Å². The number of nitrogens with two attached hydrogens (primary N) is 1. The predicted octanol–water partition coefficient (Wildman–Crippen LogP) is 3.48. The Kier molecular flexibility index (Phi) is 6.46. The van der Waals surface area contributed by atoms with Crippen molar-refractivity contribution in [3.8, 4) is 23.1 Å². The average Bonchev–Trinajstić information content (AvgIpc) is 3.25. The highest BCUT2D eigenvalue weighted by molar-refractivity contribution is 6.04. The van der Waals surface area contributed by atoms with Gasteiger partial charge in [-0.3, -0.25) is 14.0 Å². The molecule has 3 N–H and O–H groups in total. The SMILES string of the molecule is CC#CC(=O)N(C)[C@@H](C)c1nc(-c2ccc(C(=O)Nc3ccc(C)cn3)cc2)c2c(N)nccn12. The van der Waals surface area contributed by atoms with E-state index in [1.165, 1.54) is 4.90 Å². The maximum atomic E-state index is 12.6. The first-order chi connectivity index (χ1) is 16.8. The van der Waals surface area contributed by atoms with Crippen LogP contribution in [0.5, 0.6) is 0 Å². The fourth-order valence-electron chi connectivity index (χ4n) is 3.64. The standard InChI is InChI=1S/C26H25N7O2/c1-5-6-21(34)32(4)17(3)25-31-22(23-24(27)28-13-14-33(23)25)18-8-10-19(11-9-18)26(35)30-20-12-7-16(2)15-29-20/h7-15,17H,1-4H3,(H2,27,28)(H,29,30,35)/t17-/m0/s1. The largest absolute Gasteiger partial charge is 0.382 e. The maximum Gasteiger partial charge on any atom is 0.298 e. The van der Waals surface area contributed by atoms with Gasteiger partial charge in [-0.2, -0.15) is 0 Å². The van der Waals surface area contributed by atoms with E-state index in [9.17, 15) is 9.59 Å². The van der Waals surface area contributed by atoms with Gasteiger partial charge in [0.1, 0.15) is 28.7 Å². The van der Waals surface area contributed by atoms with Crippen molar-refractivity contribution in [2.24, 2.45) is 0 Å². The molecule has 2 amide bonds. The first-order valence-corrected chi connectivity index (χ1v) is 11.0. The number of imidazole rings is 1. The summed E-state index contributed by atoms with van der Waals surface area (Å²) in [6.07, 6.45) is 5.04. The Bertz CT molecular complexity index is 1460. The molecule has 0 radical (unpaired) electrons. The Labute approximate surface area is 203 Å². The number of carbonyl (C=O) groups excluding carboxylic acids is 2. The molecule has 9 heteroatoms. The van der Waals surface area contributed by atoms with Gasteiger partial charge in [0.2, 0.25) is 0 Å². The molecule has 0 unspecified atom stereocenters. The minimum atomic E-state index is -0.376. The van der Waals surface area contributed by atoms with Gasteiger partial charge in [0.25, 0.3) is 11.8 Å². The van der Waals surface area contributed by atoms with Crippen LogP contribution in [0.4, 0.5) is 11.6 Å². The lowest BCUT2D eigenvalue weighted by Crippen LogP contribution is -2.29. The highest BCUT2D eigenvalue weighted by Gasteiger charge is 2.24. The second-order valence-corrected chi connectivity index (χ2v) is 8.07. The van der Waals surface area contributed by atoms with Crippen LogP contribution >= 0.6 is 0 Å². The van der Waals surface area contributed by atoms with Crippen LogP contribution in [0.25, 0.3) is 16.8 Å². The van der Waals surface area contributed by atoms with Gasteiger partial charge in [0.05, 0.1) is 6.04 Å². The number of amides is 2. The molecular weight excluding hydrogens is 442 g/mol. The van der Waals surface area contributed by atoms with Crippen molar-refractivity contribution in [2.45, 2.75) is 26.8 Å².